The van der Waals surface area contributed by atoms with Gasteiger partial charge in [-0.1, -0.05) is 30.3 Å². The number of rotatable bonds is 6. The molecule has 0 fully saturated rings. The van der Waals surface area contributed by atoms with E-state index in [0.717, 1.165) is 11.1 Å². The van der Waals surface area contributed by atoms with Crippen LogP contribution in [-0.2, 0) is 22.6 Å². The molecule has 0 aliphatic carbocycles. The monoisotopic (exact) mass is 389 g/mol. The van der Waals surface area contributed by atoms with Crippen LogP contribution in [0, 0.1) is 0 Å². The molecule has 0 saturated heterocycles. The van der Waals surface area contributed by atoms with E-state index in [4.69, 9.17) is 9.47 Å². The molecule has 1 aromatic heterocycles. The second kappa shape index (κ2) is 8.43. The minimum atomic E-state index is -0.207. The molecule has 0 spiro atoms. The number of benzene rings is 2. The number of aromatic nitrogens is 1. The van der Waals surface area contributed by atoms with Gasteiger partial charge in [-0.3, -0.25) is 9.59 Å². The number of pyridine rings is 1. The van der Waals surface area contributed by atoms with Crippen molar-refractivity contribution < 1.29 is 19.1 Å². The molecule has 29 heavy (non-hydrogen) atoms. The van der Waals surface area contributed by atoms with Gasteiger partial charge < -0.3 is 20.1 Å². The summed E-state index contributed by atoms with van der Waals surface area (Å²) in [6.45, 7) is 0.297. The lowest BCUT2D eigenvalue weighted by Gasteiger charge is -2.18. The average molecular weight is 389 g/mol. The highest BCUT2D eigenvalue weighted by molar-refractivity contribution is 5.95. The maximum Gasteiger partial charge on any atom is 0.262 e. The number of nitrogens with one attached hydrogen (secondary N) is 2. The van der Waals surface area contributed by atoms with Gasteiger partial charge in [-0.05, 0) is 35.9 Å². The Kier molecular flexibility index (Phi) is 5.38. The lowest BCUT2D eigenvalue weighted by molar-refractivity contribution is -0.120. The zero-order valence-electron chi connectivity index (χ0n) is 15.6. The van der Waals surface area contributed by atoms with Crippen LogP contribution in [0.2, 0.25) is 0 Å². The molecule has 0 bridgehead atoms. The van der Waals surface area contributed by atoms with E-state index < -0.39 is 0 Å². The summed E-state index contributed by atoms with van der Waals surface area (Å²) in [6, 6.07) is 18.3. The number of amides is 2. The summed E-state index contributed by atoms with van der Waals surface area (Å²) < 4.78 is 11.1. The highest BCUT2D eigenvalue weighted by atomic mass is 16.5. The minimum absolute atomic E-state index is 0.00529. The van der Waals surface area contributed by atoms with Gasteiger partial charge in [0.2, 0.25) is 11.8 Å². The number of para-hydroxylation sites is 1. The first-order valence-corrected chi connectivity index (χ1v) is 9.16. The lowest BCUT2D eigenvalue weighted by atomic mass is 10.1. The minimum Gasteiger partial charge on any atom is -0.482 e. The van der Waals surface area contributed by atoms with Gasteiger partial charge in [0.15, 0.2) is 6.61 Å². The Morgan fingerprint density at radius 3 is 2.86 bits per heavy atom. The fraction of sp³-hybridized carbons (Fsp3) is 0.136. The fourth-order valence-electron chi connectivity index (χ4n) is 2.93. The van der Waals surface area contributed by atoms with Crippen molar-refractivity contribution in [2.75, 3.05) is 11.9 Å². The second-order valence-electron chi connectivity index (χ2n) is 6.50. The van der Waals surface area contributed by atoms with Gasteiger partial charge in [0.1, 0.15) is 11.5 Å². The van der Waals surface area contributed by atoms with Crippen molar-refractivity contribution in [3.05, 3.63) is 78.0 Å². The third-order valence-electron chi connectivity index (χ3n) is 4.33. The lowest BCUT2D eigenvalue weighted by Crippen LogP contribution is -2.26. The summed E-state index contributed by atoms with van der Waals surface area (Å²) >= 11 is 0. The average Bonchev–Trinajstić information content (AvgIpc) is 2.73. The van der Waals surface area contributed by atoms with Gasteiger partial charge in [0, 0.05) is 18.3 Å². The predicted molar refractivity (Wildman–Crippen MR) is 107 cm³/mol. The zero-order valence-corrected chi connectivity index (χ0v) is 15.6. The van der Waals surface area contributed by atoms with E-state index in [1.54, 1.807) is 24.4 Å². The van der Waals surface area contributed by atoms with E-state index in [-0.39, 0.29) is 24.8 Å². The van der Waals surface area contributed by atoms with Gasteiger partial charge in [-0.25, -0.2) is 4.98 Å². The van der Waals surface area contributed by atoms with E-state index in [2.05, 4.69) is 15.6 Å². The number of hydrogen-bond acceptors (Lipinski definition) is 5. The van der Waals surface area contributed by atoms with Crippen LogP contribution in [0.1, 0.15) is 11.1 Å². The van der Waals surface area contributed by atoms with Crippen LogP contribution in [0.4, 0.5) is 5.69 Å². The maximum absolute atomic E-state index is 12.4. The summed E-state index contributed by atoms with van der Waals surface area (Å²) in [7, 11) is 0. The SMILES string of the molecule is O=C(Cc1ccc2c(c1)NC(=O)CO2)NCc1cccnc1Oc1ccccc1. The van der Waals surface area contributed by atoms with Crippen molar-refractivity contribution in [2.24, 2.45) is 0 Å². The first kappa shape index (κ1) is 18.5. The Morgan fingerprint density at radius 2 is 2.00 bits per heavy atom. The molecule has 7 nitrogen and oxygen atoms in total. The van der Waals surface area contributed by atoms with Crippen LogP contribution in [0.5, 0.6) is 17.4 Å². The molecular weight excluding hydrogens is 370 g/mol. The van der Waals surface area contributed by atoms with E-state index in [1.807, 2.05) is 42.5 Å². The Labute approximate surface area is 167 Å². The maximum atomic E-state index is 12.4. The van der Waals surface area contributed by atoms with Crippen molar-refractivity contribution in [1.82, 2.24) is 10.3 Å². The van der Waals surface area contributed by atoms with Gasteiger partial charge in [-0.2, -0.15) is 0 Å². The molecule has 0 atom stereocenters. The van der Waals surface area contributed by atoms with Gasteiger partial charge in [0.25, 0.3) is 5.91 Å². The van der Waals surface area contributed by atoms with Gasteiger partial charge >= 0.3 is 0 Å². The third-order valence-corrected chi connectivity index (χ3v) is 4.33. The van der Waals surface area contributed by atoms with E-state index in [9.17, 15) is 9.59 Å². The van der Waals surface area contributed by atoms with Crippen LogP contribution in [-0.4, -0.2) is 23.4 Å². The molecule has 2 heterocycles. The number of carbonyl (C=O) groups excluding carboxylic acids is 2. The highest BCUT2D eigenvalue weighted by Crippen LogP contribution is 2.28. The molecule has 7 heteroatoms. The molecule has 1 aliphatic heterocycles. The molecule has 0 unspecified atom stereocenters. The normalized spacial score (nSPS) is 12.3. The van der Waals surface area contributed by atoms with Crippen LogP contribution in [0.3, 0.4) is 0 Å². The van der Waals surface area contributed by atoms with Crippen molar-refractivity contribution in [3.8, 4) is 17.4 Å². The van der Waals surface area contributed by atoms with Crippen molar-refractivity contribution in [2.45, 2.75) is 13.0 Å². The second-order valence-corrected chi connectivity index (χ2v) is 6.50. The Bertz CT molecular complexity index is 1040. The van der Waals surface area contributed by atoms with Crippen molar-refractivity contribution >= 4 is 17.5 Å². The molecular formula is C22H19N3O4. The first-order valence-electron chi connectivity index (χ1n) is 9.16. The van der Waals surface area contributed by atoms with E-state index in [0.29, 0.717) is 29.6 Å². The molecule has 0 saturated carbocycles. The van der Waals surface area contributed by atoms with Gasteiger partial charge in [-0.15, -0.1) is 0 Å². The summed E-state index contributed by atoms with van der Waals surface area (Å²) in [5.74, 6) is 1.38. The summed E-state index contributed by atoms with van der Waals surface area (Å²) in [5.41, 5.74) is 2.13. The Balaban J connectivity index is 1.38. The number of hydrogen-bond donors (Lipinski definition) is 2. The van der Waals surface area contributed by atoms with Crippen LogP contribution >= 0.6 is 0 Å². The molecule has 2 amide bonds. The van der Waals surface area contributed by atoms with E-state index in [1.165, 1.54) is 0 Å². The number of anilines is 1. The topological polar surface area (TPSA) is 89.6 Å². The molecule has 2 N–H and O–H groups in total. The Morgan fingerprint density at radius 1 is 1.14 bits per heavy atom. The molecule has 2 aromatic carbocycles. The quantitative estimate of drug-likeness (QED) is 0.676. The van der Waals surface area contributed by atoms with Crippen molar-refractivity contribution in [3.63, 3.8) is 0 Å². The highest BCUT2D eigenvalue weighted by Gasteiger charge is 2.17. The molecule has 0 radical (unpaired) electrons. The van der Waals surface area contributed by atoms with Crippen LogP contribution < -0.4 is 20.1 Å². The summed E-state index contributed by atoms with van der Waals surface area (Å²) in [5, 5.41) is 5.63. The van der Waals surface area contributed by atoms with Gasteiger partial charge in [0.05, 0.1) is 12.1 Å². The number of nitrogens with zero attached hydrogens (tertiary/aromatic N) is 1. The molecule has 3 aromatic rings. The largest absolute Gasteiger partial charge is 0.482 e. The first-order chi connectivity index (χ1) is 14.2. The standard InChI is InChI=1S/C22H19N3O4/c26-20(12-15-8-9-19-18(11-15)25-21(27)14-28-19)24-13-16-5-4-10-23-22(16)29-17-6-2-1-3-7-17/h1-11H,12-14H2,(H,24,26)(H,25,27). The van der Waals surface area contributed by atoms with E-state index >= 15 is 0 Å². The molecule has 1 aliphatic rings. The molecule has 4 rings (SSSR count). The fourth-order valence-corrected chi connectivity index (χ4v) is 2.93. The summed E-state index contributed by atoms with van der Waals surface area (Å²) in [6.07, 6.45) is 1.82. The zero-order chi connectivity index (χ0) is 20.1. The molecule has 146 valence electrons. The number of ether oxygens (including phenoxy) is 2. The number of carbonyl (C=O) groups is 2. The summed E-state index contributed by atoms with van der Waals surface area (Å²) in [4.78, 5) is 28.1. The van der Waals surface area contributed by atoms with Crippen LogP contribution in [0.25, 0.3) is 0 Å². The predicted octanol–water partition coefficient (Wildman–Crippen LogP) is 3.06. The third kappa shape index (κ3) is 4.70. The smallest absolute Gasteiger partial charge is 0.262 e. The number of fused-ring (bicyclic) bond motifs is 1. The Hall–Kier alpha value is -3.87. The van der Waals surface area contributed by atoms with Crippen molar-refractivity contribution in [1.29, 1.82) is 0 Å². The van der Waals surface area contributed by atoms with Crippen LogP contribution in [0.15, 0.2) is 66.9 Å².